The van der Waals surface area contributed by atoms with Gasteiger partial charge in [-0.05, 0) is 12.8 Å². The van der Waals surface area contributed by atoms with Crippen LogP contribution in [0.2, 0.25) is 0 Å². The molecule has 20 heavy (non-hydrogen) atoms. The number of rotatable bonds is 12. The molecular weight excluding hydrogens is 287 g/mol. The first kappa shape index (κ1) is 23.1. The molecule has 0 aliphatic rings. The minimum atomic E-state index is -4.38. The topological polar surface area (TPSA) is 77.4 Å². The molecule has 0 heterocycles. The molecule has 0 spiro atoms. The fraction of sp³-hybridized carbons (Fsp3) is 1.00. The molecule has 0 aromatic carbocycles. The summed E-state index contributed by atoms with van der Waals surface area (Å²) in [7, 11) is -4.38. The van der Waals surface area contributed by atoms with Crippen LogP contribution < -0.4 is 29.6 Å². The van der Waals surface area contributed by atoms with Gasteiger partial charge in [0.1, 0.15) is 10.1 Å². The van der Waals surface area contributed by atoms with Crippen molar-refractivity contribution in [2.24, 2.45) is 0 Å². The Kier molecular flexibility index (Phi) is 15.7. The number of aliphatic hydroxyl groups is 1. The van der Waals surface area contributed by atoms with Crippen molar-refractivity contribution in [3.05, 3.63) is 0 Å². The fourth-order valence-corrected chi connectivity index (χ4v) is 3.30. The second-order valence-electron chi connectivity index (χ2n) is 5.27. The van der Waals surface area contributed by atoms with E-state index in [0.29, 0.717) is 12.8 Å². The Morgan fingerprint density at radius 2 is 1.40 bits per heavy atom. The van der Waals surface area contributed by atoms with Crippen LogP contribution in [0.1, 0.15) is 78.1 Å². The summed E-state index contributed by atoms with van der Waals surface area (Å²) in [5, 5.41) is 8.45. The molecule has 116 valence electrons. The second kappa shape index (κ2) is 13.5. The first-order chi connectivity index (χ1) is 8.93. The zero-order valence-corrected chi connectivity index (χ0v) is 16.1. The summed E-state index contributed by atoms with van der Waals surface area (Å²) in [6.07, 6.45) is 8.48. The molecule has 0 saturated heterocycles. The molecule has 0 fully saturated rings. The first-order valence-corrected chi connectivity index (χ1v) is 9.03. The summed E-state index contributed by atoms with van der Waals surface area (Å²) in [6, 6.07) is 0. The maximum absolute atomic E-state index is 11.1. The van der Waals surface area contributed by atoms with Crippen LogP contribution in [0.5, 0.6) is 0 Å². The predicted octanol–water partition coefficient (Wildman–Crippen LogP) is 0.206. The molecule has 4 nitrogen and oxygen atoms in total. The summed E-state index contributed by atoms with van der Waals surface area (Å²) in [5.41, 5.74) is 0. The monoisotopic (exact) mass is 316 g/mol. The Bertz CT molecular complexity index is 306. The zero-order chi connectivity index (χ0) is 14.7. The van der Waals surface area contributed by atoms with Gasteiger partial charge in [-0.15, -0.1) is 0 Å². The van der Waals surface area contributed by atoms with Crippen molar-refractivity contribution < 1.29 is 47.6 Å². The van der Waals surface area contributed by atoms with Crippen molar-refractivity contribution in [1.82, 2.24) is 0 Å². The van der Waals surface area contributed by atoms with E-state index in [0.717, 1.165) is 12.8 Å². The van der Waals surface area contributed by atoms with Gasteiger partial charge < -0.3 is 9.66 Å². The van der Waals surface area contributed by atoms with Crippen LogP contribution in [0.3, 0.4) is 0 Å². The standard InChI is InChI=1S/C14H30O4S.Na/c1-3-5-6-7-8-9-10-11-12-14(13(15)4-2)19(16,17)18;/h13-15H,3-12H2,1-2H3,(H,16,17,18);/q;+1/p-1. The average Bonchev–Trinajstić information content (AvgIpc) is 2.34. The molecule has 0 saturated carbocycles. The molecule has 2 atom stereocenters. The van der Waals surface area contributed by atoms with Crippen molar-refractivity contribution in [3.8, 4) is 0 Å². The van der Waals surface area contributed by atoms with E-state index in [1.165, 1.54) is 32.1 Å². The fourth-order valence-electron chi connectivity index (χ4n) is 2.27. The van der Waals surface area contributed by atoms with Crippen LogP contribution >= 0.6 is 0 Å². The Labute approximate surface area is 146 Å². The average molecular weight is 316 g/mol. The van der Waals surface area contributed by atoms with Gasteiger partial charge in [0.15, 0.2) is 0 Å². The third-order valence-electron chi connectivity index (χ3n) is 3.56. The Hall–Kier alpha value is 0.870. The smallest absolute Gasteiger partial charge is 0.748 e. The predicted molar refractivity (Wildman–Crippen MR) is 77.0 cm³/mol. The minimum Gasteiger partial charge on any atom is -0.748 e. The Morgan fingerprint density at radius 3 is 1.80 bits per heavy atom. The number of unbranched alkanes of at least 4 members (excludes halogenated alkanes) is 7. The SMILES string of the molecule is CCCCCCCCCCC(C(O)CC)S(=O)(=O)[O-].[Na+]. The second-order valence-corrected chi connectivity index (χ2v) is 6.86. The van der Waals surface area contributed by atoms with Gasteiger partial charge in [0, 0.05) is 0 Å². The number of hydrogen-bond donors (Lipinski definition) is 1. The largest absolute Gasteiger partial charge is 1.00 e. The van der Waals surface area contributed by atoms with Gasteiger partial charge in [0.2, 0.25) is 0 Å². The van der Waals surface area contributed by atoms with Crippen LogP contribution in [0.25, 0.3) is 0 Å². The van der Waals surface area contributed by atoms with E-state index >= 15 is 0 Å². The maximum atomic E-state index is 11.1. The van der Waals surface area contributed by atoms with Crippen LogP contribution in [-0.4, -0.2) is 29.4 Å². The molecule has 1 N–H and O–H groups in total. The van der Waals surface area contributed by atoms with Gasteiger partial charge in [0.25, 0.3) is 0 Å². The molecule has 0 radical (unpaired) electrons. The Balaban J connectivity index is 0. The summed E-state index contributed by atoms with van der Waals surface area (Å²) in [6.45, 7) is 3.87. The molecule has 0 aromatic heterocycles. The van der Waals surface area contributed by atoms with Crippen LogP contribution in [0.15, 0.2) is 0 Å². The van der Waals surface area contributed by atoms with Crippen molar-refractivity contribution in [1.29, 1.82) is 0 Å². The quantitative estimate of drug-likeness (QED) is 0.317. The van der Waals surface area contributed by atoms with Gasteiger partial charge in [-0.1, -0.05) is 65.2 Å². The van der Waals surface area contributed by atoms with Crippen molar-refractivity contribution >= 4 is 10.1 Å². The molecule has 0 bridgehead atoms. The van der Waals surface area contributed by atoms with Gasteiger partial charge in [-0.3, -0.25) is 0 Å². The van der Waals surface area contributed by atoms with Gasteiger partial charge in [-0.2, -0.15) is 0 Å². The molecular formula is C14H29NaO4S. The summed E-state index contributed by atoms with van der Waals surface area (Å²) in [4.78, 5) is 0. The van der Waals surface area contributed by atoms with Crippen molar-refractivity contribution in [3.63, 3.8) is 0 Å². The summed E-state index contributed by atoms with van der Waals surface area (Å²) in [5.74, 6) is 0. The number of hydrogen-bond acceptors (Lipinski definition) is 4. The number of aliphatic hydroxyl groups excluding tert-OH is 1. The first-order valence-electron chi connectivity index (χ1n) is 7.56. The molecule has 0 amide bonds. The van der Waals surface area contributed by atoms with Crippen molar-refractivity contribution in [2.75, 3.05) is 0 Å². The Morgan fingerprint density at radius 1 is 0.950 bits per heavy atom. The van der Waals surface area contributed by atoms with E-state index in [9.17, 15) is 18.1 Å². The summed E-state index contributed by atoms with van der Waals surface area (Å²) < 4.78 is 33.2. The van der Waals surface area contributed by atoms with Gasteiger partial charge in [-0.25, -0.2) is 8.42 Å². The van der Waals surface area contributed by atoms with Gasteiger partial charge in [0.05, 0.1) is 11.4 Å². The van der Waals surface area contributed by atoms with Crippen molar-refractivity contribution in [2.45, 2.75) is 89.4 Å². The summed E-state index contributed by atoms with van der Waals surface area (Å²) >= 11 is 0. The molecule has 0 aliphatic carbocycles. The minimum absolute atomic E-state index is 0. The normalized spacial score (nSPS) is 14.6. The molecule has 0 rings (SSSR count). The third kappa shape index (κ3) is 11.5. The molecule has 6 heteroatoms. The van der Waals surface area contributed by atoms with Crippen LogP contribution in [0.4, 0.5) is 0 Å². The van der Waals surface area contributed by atoms with Crippen LogP contribution in [-0.2, 0) is 10.1 Å². The zero-order valence-electron chi connectivity index (χ0n) is 13.3. The van der Waals surface area contributed by atoms with Gasteiger partial charge >= 0.3 is 29.6 Å². The van der Waals surface area contributed by atoms with E-state index in [1.807, 2.05) is 0 Å². The maximum Gasteiger partial charge on any atom is 1.00 e. The molecule has 0 aromatic rings. The van der Waals surface area contributed by atoms with E-state index in [1.54, 1.807) is 6.92 Å². The van der Waals surface area contributed by atoms with E-state index in [4.69, 9.17) is 0 Å². The van der Waals surface area contributed by atoms with E-state index in [2.05, 4.69) is 6.92 Å². The molecule has 2 unspecified atom stereocenters. The van der Waals surface area contributed by atoms with E-state index in [-0.39, 0.29) is 36.0 Å². The third-order valence-corrected chi connectivity index (χ3v) is 4.85. The van der Waals surface area contributed by atoms with Crippen LogP contribution in [0, 0.1) is 0 Å². The van der Waals surface area contributed by atoms with E-state index < -0.39 is 21.5 Å². The molecule has 0 aliphatic heterocycles.